The molecule has 0 bridgehead atoms. The predicted octanol–water partition coefficient (Wildman–Crippen LogP) is 5.82. The first-order valence-electron chi connectivity index (χ1n) is 10.3. The lowest BCUT2D eigenvalue weighted by Crippen LogP contribution is -2.36. The van der Waals surface area contributed by atoms with Crippen molar-refractivity contribution in [3.63, 3.8) is 0 Å². The van der Waals surface area contributed by atoms with Crippen LogP contribution >= 0.6 is 0 Å². The number of urea groups is 1. The van der Waals surface area contributed by atoms with Gasteiger partial charge in [0.05, 0.1) is 16.9 Å². The number of rotatable bonds is 3. The minimum atomic E-state index is -4.47. The summed E-state index contributed by atoms with van der Waals surface area (Å²) in [6.45, 7) is 2.41. The number of amides is 2. The molecule has 0 fully saturated rings. The molecule has 33 heavy (non-hydrogen) atoms. The van der Waals surface area contributed by atoms with Gasteiger partial charge in [0.1, 0.15) is 0 Å². The van der Waals surface area contributed by atoms with Gasteiger partial charge in [0.25, 0.3) is 0 Å². The van der Waals surface area contributed by atoms with Gasteiger partial charge in [-0.2, -0.15) is 13.2 Å². The molecule has 3 aromatic rings. The second kappa shape index (κ2) is 8.93. The molecule has 1 aromatic heterocycles. The van der Waals surface area contributed by atoms with Gasteiger partial charge in [0.2, 0.25) is 0 Å². The Kier molecular flexibility index (Phi) is 6.04. The Labute approximate surface area is 188 Å². The number of hydrogen-bond donors (Lipinski definition) is 2. The number of alkyl halides is 3. The lowest BCUT2D eigenvalue weighted by Gasteiger charge is -2.22. The molecule has 2 heterocycles. The first kappa shape index (κ1) is 22.3. The van der Waals surface area contributed by atoms with Gasteiger partial charge in [-0.1, -0.05) is 24.3 Å². The molecule has 1 aliphatic heterocycles. The Morgan fingerprint density at radius 1 is 1.06 bits per heavy atom. The van der Waals surface area contributed by atoms with Crippen LogP contribution in [0.3, 0.4) is 0 Å². The Bertz CT molecular complexity index is 1210. The number of aromatic nitrogens is 1. The molecular weight excluding hydrogens is 433 g/mol. The lowest BCUT2D eigenvalue weighted by molar-refractivity contribution is -0.137. The molecule has 0 saturated carbocycles. The number of halogens is 3. The van der Waals surface area contributed by atoms with Gasteiger partial charge in [-0.25, -0.2) is 9.78 Å². The fraction of sp³-hybridized carbons (Fsp3) is 0.208. The first-order valence-corrected chi connectivity index (χ1v) is 10.3. The number of anilines is 3. The quantitative estimate of drug-likeness (QED) is 0.489. The van der Waals surface area contributed by atoms with E-state index in [0.717, 1.165) is 12.1 Å². The molecule has 4 rings (SSSR count). The Balaban J connectivity index is 1.67. The van der Waals surface area contributed by atoms with Crippen molar-refractivity contribution in [2.24, 2.45) is 0 Å². The normalized spacial score (nSPS) is 13.5. The number of ketones is 1. The van der Waals surface area contributed by atoms with E-state index in [2.05, 4.69) is 15.6 Å². The van der Waals surface area contributed by atoms with Crippen molar-refractivity contribution in [3.8, 4) is 11.3 Å². The average molecular weight is 454 g/mol. The zero-order valence-electron chi connectivity index (χ0n) is 17.7. The Morgan fingerprint density at radius 3 is 2.61 bits per heavy atom. The second-order valence-electron chi connectivity index (χ2n) is 7.65. The number of nitrogens with zero attached hydrogens (tertiary/aromatic N) is 2. The monoisotopic (exact) mass is 454 g/mol. The maximum atomic E-state index is 13.2. The van der Waals surface area contributed by atoms with Crippen molar-refractivity contribution in [3.05, 3.63) is 71.8 Å². The van der Waals surface area contributed by atoms with E-state index in [-0.39, 0.29) is 5.78 Å². The molecule has 0 unspecified atom stereocenters. The minimum Gasteiger partial charge on any atom is -0.382 e. The van der Waals surface area contributed by atoms with Crippen LogP contribution in [-0.2, 0) is 6.18 Å². The first-order chi connectivity index (χ1) is 15.7. The van der Waals surface area contributed by atoms with Gasteiger partial charge in [0, 0.05) is 29.9 Å². The van der Waals surface area contributed by atoms with Crippen LogP contribution < -0.4 is 15.5 Å². The van der Waals surface area contributed by atoms with Crippen molar-refractivity contribution in [1.82, 2.24) is 4.98 Å². The number of nitrogens with one attached hydrogen (secondary N) is 2. The van der Waals surface area contributed by atoms with Crippen LogP contribution in [-0.4, -0.2) is 29.9 Å². The van der Waals surface area contributed by atoms with Crippen LogP contribution in [0.15, 0.2) is 60.7 Å². The summed E-state index contributed by atoms with van der Waals surface area (Å²) in [6.07, 6.45) is -3.82. The van der Waals surface area contributed by atoms with Gasteiger partial charge in [0.15, 0.2) is 11.6 Å². The Morgan fingerprint density at radius 2 is 1.85 bits per heavy atom. The van der Waals surface area contributed by atoms with Gasteiger partial charge >= 0.3 is 12.2 Å². The molecule has 0 spiro atoms. The summed E-state index contributed by atoms with van der Waals surface area (Å²) in [5, 5.41) is 5.99. The fourth-order valence-electron chi connectivity index (χ4n) is 3.58. The second-order valence-corrected chi connectivity index (χ2v) is 7.65. The molecule has 0 aliphatic carbocycles. The summed E-state index contributed by atoms with van der Waals surface area (Å²) in [4.78, 5) is 30.7. The smallest absolute Gasteiger partial charge is 0.382 e. The van der Waals surface area contributed by atoms with Crippen molar-refractivity contribution in [1.29, 1.82) is 0 Å². The fourth-order valence-corrected chi connectivity index (χ4v) is 3.58. The van der Waals surface area contributed by atoms with Crippen LogP contribution in [0.1, 0.15) is 29.3 Å². The van der Waals surface area contributed by atoms with Crippen LogP contribution in [0.4, 0.5) is 35.2 Å². The van der Waals surface area contributed by atoms with Crippen molar-refractivity contribution >= 4 is 29.0 Å². The van der Waals surface area contributed by atoms with E-state index in [1.54, 1.807) is 42.5 Å². The maximum Gasteiger partial charge on any atom is 0.416 e. The predicted molar refractivity (Wildman–Crippen MR) is 121 cm³/mol. The van der Waals surface area contributed by atoms with Gasteiger partial charge < -0.3 is 10.6 Å². The molecular formula is C24H21F3N4O2. The highest BCUT2D eigenvalue weighted by Crippen LogP contribution is 2.34. The standard InChI is InChI=1S/C24H21F3N4O2/c1-15(32)16-5-3-8-19(14-16)29-23(33)31-12-4-11-28-21-10-9-20(30-22(21)31)17-6-2-7-18(13-17)24(25,26)27/h2-3,5-10,13-14,28H,4,11-12H2,1H3,(H,29,33). The van der Waals surface area contributed by atoms with E-state index >= 15 is 0 Å². The maximum absolute atomic E-state index is 13.2. The number of carbonyl (C=O) groups excluding carboxylic acids is 2. The molecule has 1 aliphatic rings. The third-order valence-corrected chi connectivity index (χ3v) is 5.26. The molecule has 0 saturated heterocycles. The highest BCUT2D eigenvalue weighted by molar-refractivity contribution is 6.04. The third-order valence-electron chi connectivity index (χ3n) is 5.26. The van der Waals surface area contributed by atoms with Crippen LogP contribution in [0, 0.1) is 0 Å². The van der Waals surface area contributed by atoms with E-state index in [1.807, 2.05) is 0 Å². The lowest BCUT2D eigenvalue weighted by atomic mass is 10.1. The highest BCUT2D eigenvalue weighted by Gasteiger charge is 2.31. The number of fused-ring (bicyclic) bond motifs is 1. The van der Waals surface area contributed by atoms with Crippen molar-refractivity contribution < 1.29 is 22.8 Å². The summed E-state index contributed by atoms with van der Waals surface area (Å²) in [5.41, 5.74) is 1.38. The zero-order chi connectivity index (χ0) is 23.6. The molecule has 0 atom stereocenters. The number of pyridine rings is 1. The molecule has 9 heteroatoms. The van der Waals surface area contributed by atoms with E-state index in [1.165, 1.54) is 17.9 Å². The van der Waals surface area contributed by atoms with E-state index in [0.29, 0.717) is 53.5 Å². The van der Waals surface area contributed by atoms with Crippen LogP contribution in [0.25, 0.3) is 11.3 Å². The molecule has 2 amide bonds. The number of carbonyl (C=O) groups is 2. The third kappa shape index (κ3) is 4.97. The summed E-state index contributed by atoms with van der Waals surface area (Å²) in [7, 11) is 0. The number of hydrogen-bond acceptors (Lipinski definition) is 4. The molecule has 6 nitrogen and oxygen atoms in total. The topological polar surface area (TPSA) is 74.3 Å². The molecule has 0 radical (unpaired) electrons. The van der Waals surface area contributed by atoms with E-state index in [9.17, 15) is 22.8 Å². The van der Waals surface area contributed by atoms with E-state index < -0.39 is 17.8 Å². The summed E-state index contributed by atoms with van der Waals surface area (Å²) >= 11 is 0. The summed E-state index contributed by atoms with van der Waals surface area (Å²) in [6, 6.07) is 14.4. The number of Topliss-reactive ketones (excluding diaryl/α,β-unsaturated/α-hetero) is 1. The van der Waals surface area contributed by atoms with Gasteiger partial charge in [-0.3, -0.25) is 9.69 Å². The van der Waals surface area contributed by atoms with Crippen LogP contribution in [0.2, 0.25) is 0 Å². The summed E-state index contributed by atoms with van der Waals surface area (Å²) < 4.78 is 39.5. The Hall–Kier alpha value is -3.88. The van der Waals surface area contributed by atoms with E-state index in [4.69, 9.17) is 0 Å². The SMILES string of the molecule is CC(=O)c1cccc(NC(=O)N2CCCNc3ccc(-c4cccc(C(F)(F)F)c4)nc32)c1. The molecule has 2 aromatic carbocycles. The zero-order valence-corrected chi connectivity index (χ0v) is 17.7. The summed E-state index contributed by atoms with van der Waals surface area (Å²) in [5.74, 6) is 0.199. The number of benzene rings is 2. The van der Waals surface area contributed by atoms with Crippen LogP contribution in [0.5, 0.6) is 0 Å². The minimum absolute atomic E-state index is 0.122. The van der Waals surface area contributed by atoms with Crippen molar-refractivity contribution in [2.75, 3.05) is 28.6 Å². The van der Waals surface area contributed by atoms with Gasteiger partial charge in [-0.15, -0.1) is 0 Å². The largest absolute Gasteiger partial charge is 0.416 e. The molecule has 2 N–H and O–H groups in total. The highest BCUT2D eigenvalue weighted by atomic mass is 19.4. The molecule has 170 valence electrons. The van der Waals surface area contributed by atoms with Gasteiger partial charge in [-0.05, 0) is 49.7 Å². The van der Waals surface area contributed by atoms with Crippen molar-refractivity contribution in [2.45, 2.75) is 19.5 Å². The average Bonchev–Trinajstić information content (AvgIpc) is 3.01.